The van der Waals surface area contributed by atoms with Gasteiger partial charge in [0.05, 0.1) is 0 Å². The van der Waals surface area contributed by atoms with Gasteiger partial charge in [-0.1, -0.05) is 13.8 Å². The van der Waals surface area contributed by atoms with Crippen LogP contribution >= 0.6 is 0 Å². The highest BCUT2D eigenvalue weighted by atomic mass is 16.7. The molecule has 0 aromatic heterocycles. The van der Waals surface area contributed by atoms with Crippen LogP contribution in [0.15, 0.2) is 0 Å². The lowest BCUT2D eigenvalue weighted by Gasteiger charge is -2.34. The van der Waals surface area contributed by atoms with Crippen molar-refractivity contribution in [2.45, 2.75) is 72.5 Å². The quantitative estimate of drug-likeness (QED) is 0.626. The van der Waals surface area contributed by atoms with Gasteiger partial charge in [-0.3, -0.25) is 4.79 Å². The molecule has 0 bridgehead atoms. The van der Waals surface area contributed by atoms with E-state index in [1.807, 2.05) is 13.8 Å². The molecule has 0 radical (unpaired) electrons. The van der Waals surface area contributed by atoms with Gasteiger partial charge in [0.1, 0.15) is 5.78 Å². The van der Waals surface area contributed by atoms with Crippen molar-refractivity contribution in [2.24, 2.45) is 11.3 Å². The predicted molar refractivity (Wildman–Crippen MR) is 77.0 cm³/mol. The number of Topliss-reactive ketones (excluding diaryl/α,β-unsaturated/α-hetero) is 1. The van der Waals surface area contributed by atoms with E-state index in [1.165, 1.54) is 6.42 Å². The second-order valence-corrected chi connectivity index (χ2v) is 6.43. The summed E-state index contributed by atoms with van der Waals surface area (Å²) < 4.78 is 11.1. The van der Waals surface area contributed by atoms with Crippen LogP contribution in [0.3, 0.4) is 0 Å². The molecule has 0 spiro atoms. The van der Waals surface area contributed by atoms with Crippen LogP contribution in [0.2, 0.25) is 0 Å². The molecule has 0 unspecified atom stereocenters. The molecule has 112 valence electrons. The molecule has 1 aliphatic carbocycles. The lowest BCUT2D eigenvalue weighted by atomic mass is 9.70. The smallest absolute Gasteiger partial charge is 0.157 e. The standard InChI is InChI=1S/C16H30O3/c1-5-18-15(19-6-2)9-7-8-13-10-14(17)12-16(3,4)11-13/h13,15H,5-12H2,1-4H3/t13-/m1/s1. The first kappa shape index (κ1) is 16.6. The van der Waals surface area contributed by atoms with Crippen LogP contribution in [0, 0.1) is 11.3 Å². The minimum atomic E-state index is -0.0673. The molecular formula is C16H30O3. The summed E-state index contributed by atoms with van der Waals surface area (Å²) in [5.41, 5.74) is 0.194. The highest BCUT2D eigenvalue weighted by Crippen LogP contribution is 2.38. The van der Waals surface area contributed by atoms with Gasteiger partial charge in [0.15, 0.2) is 6.29 Å². The molecule has 19 heavy (non-hydrogen) atoms. The van der Waals surface area contributed by atoms with E-state index in [4.69, 9.17) is 9.47 Å². The molecule has 1 atom stereocenters. The average molecular weight is 270 g/mol. The van der Waals surface area contributed by atoms with E-state index in [-0.39, 0.29) is 11.7 Å². The third-order valence-corrected chi connectivity index (χ3v) is 3.79. The first-order valence-electron chi connectivity index (χ1n) is 7.71. The van der Waals surface area contributed by atoms with Crippen molar-refractivity contribution in [1.29, 1.82) is 0 Å². The molecular weight excluding hydrogens is 240 g/mol. The SMILES string of the molecule is CCOC(CCC[C@@H]1CC(=O)CC(C)(C)C1)OCC. The Hall–Kier alpha value is -0.410. The van der Waals surface area contributed by atoms with Gasteiger partial charge in [-0.05, 0) is 50.9 Å². The van der Waals surface area contributed by atoms with E-state index in [0.29, 0.717) is 24.9 Å². The van der Waals surface area contributed by atoms with Crippen molar-refractivity contribution >= 4 is 5.78 Å². The molecule has 0 aromatic carbocycles. The number of rotatable bonds is 8. The van der Waals surface area contributed by atoms with Gasteiger partial charge < -0.3 is 9.47 Å². The molecule has 0 heterocycles. The minimum Gasteiger partial charge on any atom is -0.353 e. The topological polar surface area (TPSA) is 35.5 Å². The Balaban J connectivity index is 2.29. The van der Waals surface area contributed by atoms with Gasteiger partial charge in [0.25, 0.3) is 0 Å². The Kier molecular flexibility index (Phi) is 7.01. The van der Waals surface area contributed by atoms with Crippen LogP contribution in [0.4, 0.5) is 0 Å². The van der Waals surface area contributed by atoms with Crippen molar-refractivity contribution in [3.8, 4) is 0 Å². The predicted octanol–water partition coefficient (Wildman–Crippen LogP) is 3.95. The summed E-state index contributed by atoms with van der Waals surface area (Å²) in [6.45, 7) is 9.79. The van der Waals surface area contributed by atoms with Crippen LogP contribution in [0.1, 0.15) is 66.2 Å². The van der Waals surface area contributed by atoms with Crippen molar-refractivity contribution in [1.82, 2.24) is 0 Å². The zero-order chi connectivity index (χ0) is 14.3. The first-order chi connectivity index (χ1) is 8.96. The molecule has 3 nitrogen and oxygen atoms in total. The fourth-order valence-electron chi connectivity index (χ4n) is 3.22. The summed E-state index contributed by atoms with van der Waals surface area (Å²) in [4.78, 5) is 11.7. The van der Waals surface area contributed by atoms with E-state index in [1.54, 1.807) is 0 Å². The Morgan fingerprint density at radius 1 is 1.26 bits per heavy atom. The number of carbonyl (C=O) groups excluding carboxylic acids is 1. The monoisotopic (exact) mass is 270 g/mol. The highest BCUT2D eigenvalue weighted by molar-refractivity contribution is 5.80. The molecule has 1 aliphatic rings. The highest BCUT2D eigenvalue weighted by Gasteiger charge is 2.32. The van der Waals surface area contributed by atoms with Gasteiger partial charge in [-0.2, -0.15) is 0 Å². The fraction of sp³-hybridized carbons (Fsp3) is 0.938. The summed E-state index contributed by atoms with van der Waals surface area (Å²) in [5, 5.41) is 0. The second-order valence-electron chi connectivity index (χ2n) is 6.43. The number of ether oxygens (including phenoxy) is 2. The second kappa shape index (κ2) is 8.01. The normalized spacial score (nSPS) is 23.0. The summed E-state index contributed by atoms with van der Waals surface area (Å²) in [6.07, 6.45) is 5.77. The zero-order valence-corrected chi connectivity index (χ0v) is 13.0. The summed E-state index contributed by atoms with van der Waals surface area (Å²) >= 11 is 0. The summed E-state index contributed by atoms with van der Waals surface area (Å²) in [7, 11) is 0. The summed E-state index contributed by atoms with van der Waals surface area (Å²) in [5.74, 6) is 0.993. The largest absolute Gasteiger partial charge is 0.353 e. The first-order valence-corrected chi connectivity index (χ1v) is 7.71. The van der Waals surface area contributed by atoms with Gasteiger partial charge >= 0.3 is 0 Å². The lowest BCUT2D eigenvalue weighted by Crippen LogP contribution is -2.29. The Morgan fingerprint density at radius 3 is 2.42 bits per heavy atom. The number of carbonyl (C=O) groups is 1. The Bertz CT molecular complexity index is 267. The van der Waals surface area contributed by atoms with Crippen LogP contribution < -0.4 is 0 Å². The maximum atomic E-state index is 11.7. The Labute approximate surface area is 118 Å². The van der Waals surface area contributed by atoms with E-state index in [9.17, 15) is 4.79 Å². The van der Waals surface area contributed by atoms with E-state index < -0.39 is 0 Å². The third-order valence-electron chi connectivity index (χ3n) is 3.79. The van der Waals surface area contributed by atoms with Crippen molar-refractivity contribution in [2.75, 3.05) is 13.2 Å². The van der Waals surface area contributed by atoms with Gasteiger partial charge in [0, 0.05) is 26.1 Å². The average Bonchev–Trinajstić information content (AvgIpc) is 2.26. The van der Waals surface area contributed by atoms with Crippen molar-refractivity contribution in [3.63, 3.8) is 0 Å². The third kappa shape index (κ3) is 6.53. The van der Waals surface area contributed by atoms with E-state index in [0.717, 1.165) is 32.1 Å². The van der Waals surface area contributed by atoms with Crippen LogP contribution in [0.5, 0.6) is 0 Å². The van der Waals surface area contributed by atoms with E-state index in [2.05, 4.69) is 13.8 Å². The van der Waals surface area contributed by atoms with Crippen LogP contribution in [-0.2, 0) is 14.3 Å². The maximum absolute atomic E-state index is 11.7. The molecule has 0 saturated heterocycles. The van der Waals surface area contributed by atoms with Crippen molar-refractivity contribution < 1.29 is 14.3 Å². The maximum Gasteiger partial charge on any atom is 0.157 e. The molecule has 0 aromatic rings. The molecule has 0 aliphatic heterocycles. The van der Waals surface area contributed by atoms with Gasteiger partial charge in [0.2, 0.25) is 0 Å². The van der Waals surface area contributed by atoms with E-state index >= 15 is 0 Å². The van der Waals surface area contributed by atoms with Gasteiger partial charge in [-0.15, -0.1) is 0 Å². The minimum absolute atomic E-state index is 0.0673. The number of hydrogen-bond acceptors (Lipinski definition) is 3. The molecule has 1 fully saturated rings. The van der Waals surface area contributed by atoms with Crippen LogP contribution in [0.25, 0.3) is 0 Å². The Morgan fingerprint density at radius 2 is 1.89 bits per heavy atom. The molecule has 1 rings (SSSR count). The number of hydrogen-bond donors (Lipinski definition) is 0. The molecule has 3 heteroatoms. The molecule has 0 N–H and O–H groups in total. The summed E-state index contributed by atoms with van der Waals surface area (Å²) in [6, 6.07) is 0. The van der Waals surface area contributed by atoms with Crippen molar-refractivity contribution in [3.05, 3.63) is 0 Å². The molecule has 0 amide bonds. The van der Waals surface area contributed by atoms with Crippen LogP contribution in [-0.4, -0.2) is 25.3 Å². The fourth-order valence-corrected chi connectivity index (χ4v) is 3.22. The van der Waals surface area contributed by atoms with Gasteiger partial charge in [-0.25, -0.2) is 0 Å². The lowest BCUT2D eigenvalue weighted by molar-refractivity contribution is -0.140. The molecule has 1 saturated carbocycles. The number of ketones is 1. The zero-order valence-electron chi connectivity index (χ0n) is 13.0.